The average Bonchev–Trinajstić information content (AvgIpc) is 2.30. The molecule has 0 aliphatic rings. The first-order chi connectivity index (χ1) is 7.70. The van der Waals surface area contributed by atoms with Gasteiger partial charge in [0.2, 0.25) is 0 Å². The second kappa shape index (κ2) is 4.41. The smallest absolute Gasteiger partial charge is 0.123 e. The van der Waals surface area contributed by atoms with E-state index in [0.717, 1.165) is 22.4 Å². The number of nitrogens with two attached hydrogens (primary N) is 1. The molecule has 16 heavy (non-hydrogen) atoms. The fourth-order valence-corrected chi connectivity index (χ4v) is 1.64. The van der Waals surface area contributed by atoms with Crippen LogP contribution in [0.4, 0.5) is 4.39 Å². The predicted octanol–water partition coefficient (Wildman–Crippen LogP) is 2.65. The summed E-state index contributed by atoms with van der Waals surface area (Å²) in [6.07, 6.45) is 1.78. The van der Waals surface area contributed by atoms with Crippen molar-refractivity contribution < 1.29 is 4.39 Å². The zero-order valence-electron chi connectivity index (χ0n) is 9.07. The second-order valence-electron chi connectivity index (χ2n) is 3.69. The van der Waals surface area contributed by atoms with E-state index in [-0.39, 0.29) is 5.82 Å². The van der Waals surface area contributed by atoms with Gasteiger partial charge in [-0.25, -0.2) is 4.39 Å². The number of aryl methyl sites for hydroxylation is 1. The molecule has 0 bridgehead atoms. The molecule has 2 aromatic rings. The molecule has 0 radical (unpaired) electrons. The maximum atomic E-state index is 13.0. The van der Waals surface area contributed by atoms with E-state index in [0.29, 0.717) is 6.54 Å². The SMILES string of the molecule is Cc1ccc(-c2ccc(F)cc2CN)cn1. The van der Waals surface area contributed by atoms with Crippen LogP contribution in [-0.4, -0.2) is 4.98 Å². The lowest BCUT2D eigenvalue weighted by atomic mass is 10.0. The van der Waals surface area contributed by atoms with Gasteiger partial charge in [-0.2, -0.15) is 0 Å². The Morgan fingerprint density at radius 1 is 1.25 bits per heavy atom. The minimum Gasteiger partial charge on any atom is -0.326 e. The van der Waals surface area contributed by atoms with Crippen LogP contribution in [0, 0.1) is 12.7 Å². The van der Waals surface area contributed by atoms with Crippen molar-refractivity contribution in [2.24, 2.45) is 5.73 Å². The van der Waals surface area contributed by atoms with Crippen molar-refractivity contribution in [3.05, 3.63) is 53.6 Å². The van der Waals surface area contributed by atoms with Crippen molar-refractivity contribution >= 4 is 0 Å². The van der Waals surface area contributed by atoms with Gasteiger partial charge in [-0.15, -0.1) is 0 Å². The van der Waals surface area contributed by atoms with Crippen molar-refractivity contribution in [1.29, 1.82) is 0 Å². The Bertz CT molecular complexity index is 492. The van der Waals surface area contributed by atoms with Crippen molar-refractivity contribution in [3.63, 3.8) is 0 Å². The van der Waals surface area contributed by atoms with Gasteiger partial charge < -0.3 is 5.73 Å². The van der Waals surface area contributed by atoms with Gasteiger partial charge in [-0.3, -0.25) is 4.98 Å². The molecular formula is C13H13FN2. The highest BCUT2D eigenvalue weighted by atomic mass is 19.1. The van der Waals surface area contributed by atoms with E-state index in [1.165, 1.54) is 12.1 Å². The Hall–Kier alpha value is -1.74. The molecule has 1 aromatic carbocycles. The Morgan fingerprint density at radius 2 is 2.06 bits per heavy atom. The number of hydrogen-bond acceptors (Lipinski definition) is 2. The van der Waals surface area contributed by atoms with E-state index >= 15 is 0 Å². The summed E-state index contributed by atoms with van der Waals surface area (Å²) in [7, 11) is 0. The predicted molar refractivity (Wildman–Crippen MR) is 62.3 cm³/mol. The lowest BCUT2D eigenvalue weighted by molar-refractivity contribution is 0.625. The molecule has 0 aliphatic carbocycles. The molecule has 0 fully saturated rings. The maximum Gasteiger partial charge on any atom is 0.123 e. The summed E-state index contributed by atoms with van der Waals surface area (Å²) < 4.78 is 13.0. The highest BCUT2D eigenvalue weighted by Crippen LogP contribution is 2.23. The molecule has 0 aliphatic heterocycles. The third-order valence-corrected chi connectivity index (χ3v) is 2.51. The summed E-state index contributed by atoms with van der Waals surface area (Å²) in [6.45, 7) is 2.25. The topological polar surface area (TPSA) is 38.9 Å². The van der Waals surface area contributed by atoms with Crippen LogP contribution >= 0.6 is 0 Å². The van der Waals surface area contributed by atoms with E-state index < -0.39 is 0 Å². The van der Waals surface area contributed by atoms with E-state index in [2.05, 4.69) is 4.98 Å². The number of benzene rings is 1. The van der Waals surface area contributed by atoms with Crippen LogP contribution in [0.1, 0.15) is 11.3 Å². The number of halogens is 1. The molecule has 2 nitrogen and oxygen atoms in total. The van der Waals surface area contributed by atoms with Crippen LogP contribution in [0.25, 0.3) is 11.1 Å². The Kier molecular flexibility index (Phi) is 2.97. The molecule has 0 saturated heterocycles. The lowest BCUT2D eigenvalue weighted by Crippen LogP contribution is -2.00. The molecule has 2 N–H and O–H groups in total. The van der Waals surface area contributed by atoms with Gasteiger partial charge in [-0.05, 0) is 36.2 Å². The van der Waals surface area contributed by atoms with E-state index in [1.807, 2.05) is 19.1 Å². The van der Waals surface area contributed by atoms with Crippen LogP contribution in [0.2, 0.25) is 0 Å². The quantitative estimate of drug-likeness (QED) is 0.838. The molecule has 2 rings (SSSR count). The van der Waals surface area contributed by atoms with Crippen LogP contribution in [-0.2, 0) is 6.54 Å². The molecule has 82 valence electrons. The minimum absolute atomic E-state index is 0.260. The molecule has 1 heterocycles. The maximum absolute atomic E-state index is 13.0. The van der Waals surface area contributed by atoms with Gasteiger partial charge >= 0.3 is 0 Å². The van der Waals surface area contributed by atoms with Gasteiger partial charge in [0.25, 0.3) is 0 Å². The summed E-state index contributed by atoms with van der Waals surface area (Å²) in [6, 6.07) is 8.54. The van der Waals surface area contributed by atoms with Gasteiger partial charge in [0, 0.05) is 24.0 Å². The van der Waals surface area contributed by atoms with Crippen molar-refractivity contribution in [2.75, 3.05) is 0 Å². The first kappa shape index (κ1) is 10.8. The minimum atomic E-state index is -0.260. The first-order valence-electron chi connectivity index (χ1n) is 5.12. The summed E-state index contributed by atoms with van der Waals surface area (Å²) in [5.41, 5.74) is 9.26. The van der Waals surface area contributed by atoms with Crippen LogP contribution < -0.4 is 5.73 Å². The Balaban J connectivity index is 2.51. The highest BCUT2D eigenvalue weighted by Gasteiger charge is 2.05. The molecule has 0 unspecified atom stereocenters. The molecule has 1 aromatic heterocycles. The largest absolute Gasteiger partial charge is 0.326 e. The summed E-state index contributed by atoms with van der Waals surface area (Å²) in [5.74, 6) is -0.260. The number of pyridine rings is 1. The van der Waals surface area contributed by atoms with Crippen LogP contribution in [0.5, 0.6) is 0 Å². The first-order valence-corrected chi connectivity index (χ1v) is 5.12. The third kappa shape index (κ3) is 2.09. The van der Waals surface area contributed by atoms with Crippen molar-refractivity contribution in [2.45, 2.75) is 13.5 Å². The fourth-order valence-electron chi connectivity index (χ4n) is 1.64. The summed E-state index contributed by atoms with van der Waals surface area (Å²) >= 11 is 0. The fraction of sp³-hybridized carbons (Fsp3) is 0.154. The Labute approximate surface area is 93.9 Å². The van der Waals surface area contributed by atoms with Gasteiger partial charge in [0.15, 0.2) is 0 Å². The number of rotatable bonds is 2. The molecule has 3 heteroatoms. The summed E-state index contributed by atoms with van der Waals surface area (Å²) in [4.78, 5) is 4.22. The molecular weight excluding hydrogens is 203 g/mol. The normalized spacial score (nSPS) is 10.4. The van der Waals surface area contributed by atoms with E-state index in [9.17, 15) is 4.39 Å². The molecule has 0 spiro atoms. The zero-order chi connectivity index (χ0) is 11.5. The van der Waals surface area contributed by atoms with Crippen molar-refractivity contribution in [3.8, 4) is 11.1 Å². The van der Waals surface area contributed by atoms with E-state index in [1.54, 1.807) is 12.3 Å². The lowest BCUT2D eigenvalue weighted by Gasteiger charge is -2.07. The third-order valence-electron chi connectivity index (χ3n) is 2.51. The van der Waals surface area contributed by atoms with E-state index in [4.69, 9.17) is 5.73 Å². The number of hydrogen-bond donors (Lipinski definition) is 1. The van der Waals surface area contributed by atoms with Gasteiger partial charge in [0.1, 0.15) is 5.82 Å². The van der Waals surface area contributed by atoms with Crippen LogP contribution in [0.15, 0.2) is 36.5 Å². The van der Waals surface area contributed by atoms with Gasteiger partial charge in [0.05, 0.1) is 0 Å². The highest BCUT2D eigenvalue weighted by molar-refractivity contribution is 5.66. The summed E-state index contributed by atoms with van der Waals surface area (Å²) in [5, 5.41) is 0. The average molecular weight is 216 g/mol. The van der Waals surface area contributed by atoms with Crippen LogP contribution in [0.3, 0.4) is 0 Å². The molecule has 0 atom stereocenters. The monoisotopic (exact) mass is 216 g/mol. The van der Waals surface area contributed by atoms with Gasteiger partial charge in [-0.1, -0.05) is 12.1 Å². The molecule has 0 amide bonds. The number of aromatic nitrogens is 1. The Morgan fingerprint density at radius 3 is 2.69 bits per heavy atom. The zero-order valence-corrected chi connectivity index (χ0v) is 9.07. The molecule has 0 saturated carbocycles. The number of nitrogens with zero attached hydrogens (tertiary/aromatic N) is 1. The standard InChI is InChI=1S/C13H13FN2/c1-9-2-3-10(8-16-9)13-5-4-12(14)6-11(13)7-15/h2-6,8H,7,15H2,1H3. The van der Waals surface area contributed by atoms with Crippen molar-refractivity contribution in [1.82, 2.24) is 4.98 Å². The second-order valence-corrected chi connectivity index (χ2v) is 3.69.